The van der Waals surface area contributed by atoms with Crippen LogP contribution >= 0.6 is 27.5 Å². The number of hydrogen-bond acceptors (Lipinski definition) is 1. The number of benzene rings is 1. The van der Waals surface area contributed by atoms with Gasteiger partial charge in [0.1, 0.15) is 4.60 Å². The largest absolute Gasteiger partial charge is 0.249 e. The minimum Gasteiger partial charge on any atom is -0.249 e. The molecule has 2 aromatic rings. The zero-order valence-electron chi connectivity index (χ0n) is 7.24. The van der Waals surface area contributed by atoms with E-state index in [1.54, 1.807) is 6.20 Å². The van der Waals surface area contributed by atoms with Crippen LogP contribution in [0.5, 0.6) is 0 Å². The first-order valence-corrected chi connectivity index (χ1v) is 5.31. The van der Waals surface area contributed by atoms with Crippen molar-refractivity contribution < 1.29 is 0 Å². The third-order valence-corrected chi connectivity index (χ3v) is 2.88. The summed E-state index contributed by atoms with van der Waals surface area (Å²) >= 11 is 9.48. The van der Waals surface area contributed by atoms with Gasteiger partial charge in [-0.05, 0) is 28.1 Å². The number of halogens is 2. The third kappa shape index (κ3) is 1.81. The second-order valence-corrected chi connectivity index (χ2v) is 3.98. The van der Waals surface area contributed by atoms with Crippen LogP contribution in [0.4, 0.5) is 0 Å². The van der Waals surface area contributed by atoms with Crippen LogP contribution in [0.15, 0.2) is 47.2 Å². The highest BCUT2D eigenvalue weighted by atomic mass is 79.9. The van der Waals surface area contributed by atoms with Crippen LogP contribution in [0.3, 0.4) is 0 Å². The van der Waals surface area contributed by atoms with Gasteiger partial charge in [-0.2, -0.15) is 0 Å². The smallest absolute Gasteiger partial charge is 0.113 e. The van der Waals surface area contributed by atoms with Crippen molar-refractivity contribution in [1.29, 1.82) is 0 Å². The maximum absolute atomic E-state index is 6.08. The van der Waals surface area contributed by atoms with Gasteiger partial charge in [-0.3, -0.25) is 0 Å². The Morgan fingerprint density at radius 1 is 1.00 bits per heavy atom. The van der Waals surface area contributed by atoms with Gasteiger partial charge < -0.3 is 0 Å². The van der Waals surface area contributed by atoms with Gasteiger partial charge >= 0.3 is 0 Å². The first-order chi connectivity index (χ1) is 6.79. The van der Waals surface area contributed by atoms with Crippen molar-refractivity contribution in [2.75, 3.05) is 0 Å². The van der Waals surface area contributed by atoms with E-state index in [0.29, 0.717) is 0 Å². The van der Waals surface area contributed by atoms with Gasteiger partial charge in [-0.25, -0.2) is 4.98 Å². The van der Waals surface area contributed by atoms with E-state index in [0.717, 1.165) is 20.8 Å². The lowest BCUT2D eigenvalue weighted by Crippen LogP contribution is -1.83. The summed E-state index contributed by atoms with van der Waals surface area (Å²) in [6.07, 6.45) is 1.74. The highest BCUT2D eigenvalue weighted by molar-refractivity contribution is 9.10. The summed E-state index contributed by atoms with van der Waals surface area (Å²) in [5.74, 6) is 0. The molecule has 0 fully saturated rings. The number of hydrogen-bond donors (Lipinski definition) is 0. The minimum atomic E-state index is 0.737. The molecule has 0 aliphatic rings. The van der Waals surface area contributed by atoms with E-state index in [-0.39, 0.29) is 0 Å². The number of aromatic nitrogens is 1. The lowest BCUT2D eigenvalue weighted by molar-refractivity contribution is 1.28. The topological polar surface area (TPSA) is 12.9 Å². The van der Waals surface area contributed by atoms with Crippen molar-refractivity contribution in [2.24, 2.45) is 0 Å². The molecule has 0 aliphatic heterocycles. The Bertz CT molecular complexity index is 413. The van der Waals surface area contributed by atoms with E-state index in [1.807, 2.05) is 36.4 Å². The van der Waals surface area contributed by atoms with E-state index in [1.165, 1.54) is 0 Å². The molecule has 0 amide bonds. The molecular formula is C11H7BrClN. The van der Waals surface area contributed by atoms with Crippen LogP contribution in [0.2, 0.25) is 5.02 Å². The summed E-state index contributed by atoms with van der Waals surface area (Å²) in [4.78, 5) is 4.15. The van der Waals surface area contributed by atoms with Crippen molar-refractivity contribution in [2.45, 2.75) is 0 Å². The van der Waals surface area contributed by atoms with Crippen molar-refractivity contribution >= 4 is 27.5 Å². The Morgan fingerprint density at radius 3 is 2.43 bits per heavy atom. The zero-order chi connectivity index (χ0) is 9.97. The maximum Gasteiger partial charge on any atom is 0.113 e. The van der Waals surface area contributed by atoms with E-state index < -0.39 is 0 Å². The molecule has 3 heteroatoms. The molecule has 1 aromatic heterocycles. The second kappa shape index (κ2) is 4.11. The van der Waals surface area contributed by atoms with Crippen LogP contribution in [-0.2, 0) is 0 Å². The van der Waals surface area contributed by atoms with Gasteiger partial charge in [-0.1, -0.05) is 35.9 Å². The number of rotatable bonds is 1. The van der Waals surface area contributed by atoms with E-state index in [9.17, 15) is 0 Å². The van der Waals surface area contributed by atoms with Crippen LogP contribution in [0.1, 0.15) is 0 Å². The Kier molecular flexibility index (Phi) is 2.85. The molecule has 0 atom stereocenters. The van der Waals surface area contributed by atoms with Crippen molar-refractivity contribution in [3.05, 3.63) is 52.2 Å². The first-order valence-electron chi connectivity index (χ1n) is 4.14. The molecule has 0 saturated heterocycles. The highest BCUT2D eigenvalue weighted by Gasteiger charge is 2.05. The summed E-state index contributed by atoms with van der Waals surface area (Å²) in [5.41, 5.74) is 2.01. The molecule has 0 unspecified atom stereocenters. The van der Waals surface area contributed by atoms with Crippen molar-refractivity contribution in [1.82, 2.24) is 4.98 Å². The van der Waals surface area contributed by atoms with Gasteiger partial charge in [0.05, 0.1) is 0 Å². The van der Waals surface area contributed by atoms with E-state index in [2.05, 4.69) is 20.9 Å². The predicted molar refractivity (Wildman–Crippen MR) is 62.4 cm³/mol. The number of nitrogens with zero attached hydrogens (tertiary/aromatic N) is 1. The Hall–Kier alpha value is -0.860. The molecule has 14 heavy (non-hydrogen) atoms. The normalized spacial score (nSPS) is 10.1. The Morgan fingerprint density at radius 2 is 1.71 bits per heavy atom. The van der Waals surface area contributed by atoms with Gasteiger partial charge in [-0.15, -0.1) is 0 Å². The molecule has 1 nitrogen and oxygen atoms in total. The van der Waals surface area contributed by atoms with Crippen molar-refractivity contribution in [3.8, 4) is 11.1 Å². The Balaban J connectivity index is 2.61. The van der Waals surface area contributed by atoms with Crippen LogP contribution < -0.4 is 0 Å². The molecule has 0 bridgehead atoms. The molecule has 0 N–H and O–H groups in total. The summed E-state index contributed by atoms with van der Waals surface area (Å²) in [6, 6.07) is 11.6. The lowest BCUT2D eigenvalue weighted by Gasteiger charge is -2.04. The molecule has 0 saturated carbocycles. The standard InChI is InChI=1S/C11H7BrClN/c12-11-9(5-3-7-14-11)8-4-1-2-6-10(8)13/h1-7H. The maximum atomic E-state index is 6.08. The number of pyridine rings is 1. The summed E-state index contributed by atoms with van der Waals surface area (Å²) < 4.78 is 0.813. The Labute approximate surface area is 95.9 Å². The monoisotopic (exact) mass is 267 g/mol. The summed E-state index contributed by atoms with van der Waals surface area (Å²) in [6.45, 7) is 0. The van der Waals surface area contributed by atoms with E-state index in [4.69, 9.17) is 11.6 Å². The zero-order valence-corrected chi connectivity index (χ0v) is 9.59. The first kappa shape index (κ1) is 9.69. The van der Waals surface area contributed by atoms with Gasteiger partial charge in [0.15, 0.2) is 0 Å². The summed E-state index contributed by atoms with van der Waals surface area (Å²) in [7, 11) is 0. The van der Waals surface area contributed by atoms with Crippen LogP contribution in [0, 0.1) is 0 Å². The fourth-order valence-corrected chi connectivity index (χ4v) is 1.97. The van der Waals surface area contributed by atoms with E-state index >= 15 is 0 Å². The second-order valence-electron chi connectivity index (χ2n) is 2.82. The summed E-state index contributed by atoms with van der Waals surface area (Å²) in [5, 5.41) is 0.737. The average Bonchev–Trinajstić information content (AvgIpc) is 2.20. The predicted octanol–water partition coefficient (Wildman–Crippen LogP) is 4.16. The van der Waals surface area contributed by atoms with Gasteiger partial charge in [0.2, 0.25) is 0 Å². The van der Waals surface area contributed by atoms with Crippen molar-refractivity contribution in [3.63, 3.8) is 0 Å². The molecule has 2 rings (SSSR count). The molecule has 1 aromatic carbocycles. The fourth-order valence-electron chi connectivity index (χ4n) is 1.27. The molecule has 0 spiro atoms. The average molecular weight is 269 g/mol. The molecule has 70 valence electrons. The third-order valence-electron chi connectivity index (χ3n) is 1.92. The highest BCUT2D eigenvalue weighted by Crippen LogP contribution is 2.31. The molecule has 1 heterocycles. The van der Waals surface area contributed by atoms with Gasteiger partial charge in [0.25, 0.3) is 0 Å². The molecule has 0 radical (unpaired) electrons. The SMILES string of the molecule is Clc1ccccc1-c1cccnc1Br. The quantitative estimate of drug-likeness (QED) is 0.708. The molecular weight excluding hydrogens is 261 g/mol. The van der Waals surface area contributed by atoms with Crippen LogP contribution in [0.25, 0.3) is 11.1 Å². The lowest BCUT2D eigenvalue weighted by atomic mass is 10.1. The van der Waals surface area contributed by atoms with Crippen LogP contribution in [-0.4, -0.2) is 4.98 Å². The fraction of sp³-hybridized carbons (Fsp3) is 0. The molecule has 0 aliphatic carbocycles. The minimum absolute atomic E-state index is 0.737. The van der Waals surface area contributed by atoms with Gasteiger partial charge in [0, 0.05) is 22.3 Å².